The van der Waals surface area contributed by atoms with Gasteiger partial charge in [-0.05, 0) is 19.4 Å². The highest BCUT2D eigenvalue weighted by Gasteiger charge is 2.40. The van der Waals surface area contributed by atoms with Crippen LogP contribution >= 0.6 is 0 Å². The summed E-state index contributed by atoms with van der Waals surface area (Å²) in [4.78, 5) is 12.3. The number of rotatable bonds is 5. The molecule has 1 heterocycles. The van der Waals surface area contributed by atoms with Gasteiger partial charge >= 0.3 is 5.97 Å². The van der Waals surface area contributed by atoms with Crippen LogP contribution in [0.3, 0.4) is 0 Å². The Hall–Kier alpha value is -1.44. The largest absolute Gasteiger partial charge is 0.633 e. The van der Waals surface area contributed by atoms with Crippen LogP contribution in [-0.4, -0.2) is 50.2 Å². The first-order chi connectivity index (χ1) is 10.6. The highest BCUT2D eigenvalue weighted by molar-refractivity contribution is 7.91. The van der Waals surface area contributed by atoms with Crippen molar-refractivity contribution in [3.8, 4) is 0 Å². The topological polar surface area (TPSA) is 83.5 Å². The van der Waals surface area contributed by atoms with Crippen LogP contribution in [0.5, 0.6) is 0 Å². The third kappa shape index (κ3) is 5.02. The number of hydroxylamine groups is 3. The van der Waals surface area contributed by atoms with Crippen molar-refractivity contribution in [3.63, 3.8) is 0 Å². The maximum atomic E-state index is 12.7. The number of hydrogen-bond acceptors (Lipinski definition) is 5. The zero-order chi connectivity index (χ0) is 17.1. The van der Waals surface area contributed by atoms with Crippen molar-refractivity contribution < 1.29 is 22.6 Å². The first kappa shape index (κ1) is 17.9. The van der Waals surface area contributed by atoms with E-state index in [1.807, 2.05) is 30.3 Å². The molecule has 0 bridgehead atoms. The van der Waals surface area contributed by atoms with Crippen molar-refractivity contribution in [2.24, 2.45) is 5.41 Å². The molecule has 2 rings (SSSR count). The van der Waals surface area contributed by atoms with Gasteiger partial charge in [-0.25, -0.2) is 8.42 Å². The van der Waals surface area contributed by atoms with Gasteiger partial charge < -0.3 is 14.6 Å². The van der Waals surface area contributed by atoms with Gasteiger partial charge in [0.15, 0.2) is 9.84 Å². The highest BCUT2D eigenvalue weighted by atomic mass is 32.2. The maximum Gasteiger partial charge on any atom is 0.317 e. The van der Waals surface area contributed by atoms with Gasteiger partial charge in [0, 0.05) is 0 Å². The molecule has 0 unspecified atom stereocenters. The molecule has 0 aliphatic carbocycles. The molecule has 1 saturated heterocycles. The van der Waals surface area contributed by atoms with Crippen molar-refractivity contribution >= 4 is 15.8 Å². The average Bonchev–Trinajstić information content (AvgIpc) is 2.49. The third-order valence-corrected chi connectivity index (χ3v) is 5.68. The lowest BCUT2D eigenvalue weighted by Crippen LogP contribution is -2.57. The summed E-state index contributed by atoms with van der Waals surface area (Å²) >= 11 is 0. The van der Waals surface area contributed by atoms with Crippen molar-refractivity contribution in [1.29, 1.82) is 0 Å². The van der Waals surface area contributed by atoms with Gasteiger partial charge in [0.05, 0.1) is 31.1 Å². The van der Waals surface area contributed by atoms with E-state index in [9.17, 15) is 18.4 Å². The van der Waals surface area contributed by atoms with Gasteiger partial charge in [-0.15, -0.1) is 0 Å². The van der Waals surface area contributed by atoms with Crippen molar-refractivity contribution in [2.75, 3.05) is 31.1 Å². The lowest BCUT2D eigenvalue weighted by molar-refractivity contribution is -0.882. The van der Waals surface area contributed by atoms with Gasteiger partial charge in [-0.1, -0.05) is 30.3 Å². The molecule has 1 fully saturated rings. The van der Waals surface area contributed by atoms with Crippen LogP contribution in [0.25, 0.3) is 0 Å². The number of carbonyl (C=O) groups is 1. The van der Waals surface area contributed by atoms with Crippen LogP contribution in [0.1, 0.15) is 19.4 Å². The van der Waals surface area contributed by atoms with Crippen LogP contribution < -0.4 is 0 Å². The standard InChI is InChI=1S/C16H23NO5S/c1-16(2,13-17(19)8-10-23(20,21)11-9-17)15(18)22-12-14-6-4-3-5-7-14/h3-7H,8-13H2,1-2H3. The second kappa shape index (κ2) is 6.59. The van der Waals surface area contributed by atoms with Crippen LogP contribution in [0.2, 0.25) is 0 Å². The molecule has 0 atom stereocenters. The van der Waals surface area contributed by atoms with Gasteiger partial charge in [-0.3, -0.25) is 4.79 Å². The summed E-state index contributed by atoms with van der Waals surface area (Å²) in [5.41, 5.74) is -0.0794. The quantitative estimate of drug-likeness (QED) is 0.460. The molecule has 7 heteroatoms. The predicted octanol–water partition coefficient (Wildman–Crippen LogP) is 1.50. The van der Waals surface area contributed by atoms with Gasteiger partial charge in [0.1, 0.15) is 12.0 Å². The van der Waals surface area contributed by atoms with E-state index < -0.39 is 25.9 Å². The molecule has 1 aliphatic rings. The molecule has 128 valence electrons. The first-order valence-electron chi connectivity index (χ1n) is 7.61. The average molecular weight is 341 g/mol. The molecule has 0 radical (unpaired) electrons. The minimum atomic E-state index is -3.11. The van der Waals surface area contributed by atoms with Gasteiger partial charge in [0.25, 0.3) is 0 Å². The third-order valence-electron chi connectivity index (χ3n) is 4.07. The molecule has 1 aliphatic heterocycles. The Balaban J connectivity index is 1.93. The number of hydrogen-bond donors (Lipinski definition) is 0. The van der Waals surface area contributed by atoms with E-state index in [2.05, 4.69) is 0 Å². The number of benzene rings is 1. The molecule has 0 spiro atoms. The zero-order valence-electron chi connectivity index (χ0n) is 13.5. The van der Waals surface area contributed by atoms with Crippen molar-refractivity contribution in [1.82, 2.24) is 0 Å². The lowest BCUT2D eigenvalue weighted by Gasteiger charge is -2.48. The number of quaternary nitrogens is 1. The molecule has 1 aromatic carbocycles. The van der Waals surface area contributed by atoms with E-state index in [0.717, 1.165) is 5.56 Å². The Morgan fingerprint density at radius 1 is 1.22 bits per heavy atom. The Labute approximate surface area is 137 Å². The molecular weight excluding hydrogens is 318 g/mol. The summed E-state index contributed by atoms with van der Waals surface area (Å²) in [5, 5.41) is 12.7. The summed E-state index contributed by atoms with van der Waals surface area (Å²) in [6, 6.07) is 9.32. The van der Waals surface area contributed by atoms with Crippen LogP contribution in [0.4, 0.5) is 0 Å². The maximum absolute atomic E-state index is 12.7. The molecule has 0 aromatic heterocycles. The first-order valence-corrected chi connectivity index (χ1v) is 9.43. The lowest BCUT2D eigenvalue weighted by atomic mass is 9.92. The fourth-order valence-corrected chi connectivity index (χ4v) is 4.11. The summed E-state index contributed by atoms with van der Waals surface area (Å²) in [7, 11) is -3.11. The summed E-state index contributed by atoms with van der Waals surface area (Å²) in [6.07, 6.45) is 0. The molecular formula is C16H23NO5S. The van der Waals surface area contributed by atoms with Gasteiger partial charge in [0.2, 0.25) is 0 Å². The number of carbonyl (C=O) groups excluding carboxylic acids is 1. The summed E-state index contributed by atoms with van der Waals surface area (Å²) in [6.45, 7) is 3.52. The van der Waals surface area contributed by atoms with Crippen LogP contribution in [-0.2, 0) is 26.0 Å². The van der Waals surface area contributed by atoms with E-state index in [1.54, 1.807) is 13.8 Å². The number of sulfone groups is 1. The SMILES string of the molecule is CC(C)(C[N+]1([O-])CCS(=O)(=O)CC1)C(=O)OCc1ccccc1. The van der Waals surface area contributed by atoms with Crippen LogP contribution in [0.15, 0.2) is 30.3 Å². The fraction of sp³-hybridized carbons (Fsp3) is 0.562. The Morgan fingerprint density at radius 3 is 2.35 bits per heavy atom. The van der Waals surface area contributed by atoms with E-state index >= 15 is 0 Å². The molecule has 0 N–H and O–H groups in total. The monoisotopic (exact) mass is 341 g/mol. The molecule has 1 aromatic rings. The van der Waals surface area contributed by atoms with Gasteiger partial charge in [-0.2, -0.15) is 0 Å². The fourth-order valence-electron chi connectivity index (χ4n) is 2.69. The zero-order valence-corrected chi connectivity index (χ0v) is 14.3. The summed E-state index contributed by atoms with van der Waals surface area (Å²) < 4.78 is 27.6. The summed E-state index contributed by atoms with van der Waals surface area (Å²) in [5.74, 6) is -0.680. The molecule has 6 nitrogen and oxygen atoms in total. The minimum Gasteiger partial charge on any atom is -0.633 e. The van der Waals surface area contributed by atoms with E-state index in [0.29, 0.717) is 0 Å². The number of nitrogens with zero attached hydrogens (tertiary/aromatic N) is 1. The second-order valence-corrected chi connectivity index (χ2v) is 9.06. The Morgan fingerprint density at radius 2 is 1.78 bits per heavy atom. The van der Waals surface area contributed by atoms with E-state index in [4.69, 9.17) is 4.74 Å². The Kier molecular flexibility index (Phi) is 5.13. The molecule has 0 amide bonds. The number of esters is 1. The second-order valence-electron chi connectivity index (χ2n) is 6.76. The highest BCUT2D eigenvalue weighted by Crippen LogP contribution is 2.26. The smallest absolute Gasteiger partial charge is 0.317 e. The van der Waals surface area contributed by atoms with Crippen molar-refractivity contribution in [2.45, 2.75) is 20.5 Å². The van der Waals surface area contributed by atoms with Crippen LogP contribution in [0, 0.1) is 10.6 Å². The minimum absolute atomic E-state index is 0.00225. The van der Waals surface area contributed by atoms with E-state index in [1.165, 1.54) is 0 Å². The molecule has 23 heavy (non-hydrogen) atoms. The van der Waals surface area contributed by atoms with E-state index in [-0.39, 0.29) is 37.7 Å². The van der Waals surface area contributed by atoms with Crippen molar-refractivity contribution in [3.05, 3.63) is 41.1 Å². The molecule has 0 saturated carbocycles. The Bertz CT molecular complexity index is 640. The normalized spacial score (nSPS) is 20.0. The number of ether oxygens (including phenoxy) is 1. The predicted molar refractivity (Wildman–Crippen MR) is 86.9 cm³/mol.